The van der Waals surface area contributed by atoms with Gasteiger partial charge < -0.3 is 26.0 Å². The van der Waals surface area contributed by atoms with Gasteiger partial charge in [0.05, 0.1) is 6.04 Å². The van der Waals surface area contributed by atoms with Gasteiger partial charge in [-0.15, -0.1) is 0 Å². The fourth-order valence-electron chi connectivity index (χ4n) is 4.34. The van der Waals surface area contributed by atoms with E-state index in [1.165, 1.54) is 31.5 Å². The second-order valence-electron chi connectivity index (χ2n) is 8.92. The molecule has 0 bridgehead atoms. The third kappa shape index (κ3) is 8.88. The molecule has 37 heavy (non-hydrogen) atoms. The van der Waals surface area contributed by atoms with Crippen LogP contribution >= 0.6 is 0 Å². The van der Waals surface area contributed by atoms with E-state index >= 15 is 0 Å². The first kappa shape index (κ1) is 27.6. The summed E-state index contributed by atoms with van der Waals surface area (Å²) in [5.74, 6) is -0.367. The maximum absolute atomic E-state index is 14.4. The van der Waals surface area contributed by atoms with Crippen LogP contribution in [0.4, 0.5) is 4.39 Å². The molecule has 4 N–H and O–H groups in total. The molecule has 1 heterocycles. The highest BCUT2D eigenvalue weighted by Gasteiger charge is 2.31. The molecule has 1 fully saturated rings. The van der Waals surface area contributed by atoms with Crippen molar-refractivity contribution in [3.63, 3.8) is 0 Å². The van der Waals surface area contributed by atoms with Gasteiger partial charge in [-0.25, -0.2) is 4.39 Å². The molecule has 0 spiro atoms. The lowest BCUT2D eigenvalue weighted by Gasteiger charge is -2.35. The number of rotatable bonds is 12. The maximum Gasteiger partial charge on any atom is 0.240 e. The minimum atomic E-state index is -0.461. The molecular formula is C28H34FN5O3. The Morgan fingerprint density at radius 1 is 1.32 bits per heavy atom. The van der Waals surface area contributed by atoms with Crippen molar-refractivity contribution in [2.75, 3.05) is 19.7 Å². The molecule has 1 aliphatic rings. The topological polar surface area (TPSA) is 109 Å². The Kier molecular flexibility index (Phi) is 10.4. The summed E-state index contributed by atoms with van der Waals surface area (Å²) in [4.78, 5) is 30.7. The van der Waals surface area contributed by atoms with Crippen LogP contribution < -0.4 is 21.1 Å². The van der Waals surface area contributed by atoms with Crippen molar-refractivity contribution < 1.29 is 18.7 Å². The number of halogens is 1. The zero-order chi connectivity index (χ0) is 26.6. The van der Waals surface area contributed by atoms with E-state index in [9.17, 15) is 14.0 Å². The number of aliphatic imine (C=N–C) groups is 1. The summed E-state index contributed by atoms with van der Waals surface area (Å²) in [5, 5.41) is 6.19. The molecule has 0 unspecified atom stereocenters. The van der Waals surface area contributed by atoms with Gasteiger partial charge >= 0.3 is 0 Å². The minimum absolute atomic E-state index is 0.0168. The molecule has 196 valence electrons. The van der Waals surface area contributed by atoms with Gasteiger partial charge in [-0.2, -0.15) is 0 Å². The largest absolute Gasteiger partial charge is 0.489 e. The molecular weight excluding hydrogens is 473 g/mol. The van der Waals surface area contributed by atoms with Crippen molar-refractivity contribution in [3.8, 4) is 5.75 Å². The second kappa shape index (κ2) is 13.9. The lowest BCUT2D eigenvalue weighted by Crippen LogP contribution is -2.56. The monoisotopic (exact) mass is 507 g/mol. The van der Waals surface area contributed by atoms with Crippen LogP contribution in [0.25, 0.3) is 0 Å². The van der Waals surface area contributed by atoms with Gasteiger partial charge in [-0.3, -0.25) is 14.6 Å². The molecule has 0 aliphatic carbocycles. The lowest BCUT2D eigenvalue weighted by atomic mass is 9.97. The molecule has 0 saturated carbocycles. The van der Waals surface area contributed by atoms with E-state index in [1.807, 2.05) is 35.2 Å². The normalized spacial score (nSPS) is 17.0. The number of amides is 2. The van der Waals surface area contributed by atoms with Crippen molar-refractivity contribution >= 4 is 18.5 Å². The highest BCUT2D eigenvalue weighted by Crippen LogP contribution is 2.21. The number of hydrogen-bond acceptors (Lipinski definition) is 6. The van der Waals surface area contributed by atoms with Gasteiger partial charge in [0.25, 0.3) is 0 Å². The van der Waals surface area contributed by atoms with Crippen LogP contribution in [-0.4, -0.2) is 55.2 Å². The van der Waals surface area contributed by atoms with Gasteiger partial charge in [0, 0.05) is 50.4 Å². The van der Waals surface area contributed by atoms with Gasteiger partial charge in [0.2, 0.25) is 11.8 Å². The highest BCUT2D eigenvalue weighted by molar-refractivity contribution is 5.83. The Morgan fingerprint density at radius 3 is 2.81 bits per heavy atom. The van der Waals surface area contributed by atoms with Gasteiger partial charge in [0.15, 0.2) is 0 Å². The van der Waals surface area contributed by atoms with E-state index in [4.69, 9.17) is 10.5 Å². The number of nitrogens with two attached hydrogens (primary N) is 1. The Labute approximate surface area is 217 Å². The van der Waals surface area contributed by atoms with Crippen molar-refractivity contribution in [1.29, 1.82) is 0 Å². The fraction of sp³-hybridized carbons (Fsp3) is 0.321. The van der Waals surface area contributed by atoms with Crippen LogP contribution in [0.5, 0.6) is 5.75 Å². The molecule has 8 nitrogen and oxygen atoms in total. The van der Waals surface area contributed by atoms with Gasteiger partial charge in [0.1, 0.15) is 18.2 Å². The molecule has 1 aliphatic heterocycles. The number of benzene rings is 2. The standard InChI is InChI=1S/C28H34FN5O3/c1-20(35)33-25(16-27-28(36)34(11-10-32-27)18-21-6-4-3-5-7-21)13-23-12-24(29)15-26(14-23)37-19-22(8-9-30)17-31-2/h3-9,12,14-15,17,25,27,32H,2,10-11,13,16,18-19,30H2,1H3,(H,33,35)/b9-8-,22-17+/t25-,27-/m0/s1. The molecule has 0 radical (unpaired) electrons. The predicted octanol–water partition coefficient (Wildman–Crippen LogP) is 2.70. The molecule has 3 rings (SSSR count). The van der Waals surface area contributed by atoms with Crippen molar-refractivity contribution in [1.82, 2.24) is 15.5 Å². The summed E-state index contributed by atoms with van der Waals surface area (Å²) < 4.78 is 20.2. The van der Waals surface area contributed by atoms with Crippen LogP contribution in [0.15, 0.2) is 77.6 Å². The first-order valence-corrected chi connectivity index (χ1v) is 12.2. The van der Waals surface area contributed by atoms with Crippen LogP contribution in [0.1, 0.15) is 24.5 Å². The number of carbonyl (C=O) groups excluding carboxylic acids is 2. The number of piperazine rings is 1. The average molecular weight is 508 g/mol. The average Bonchev–Trinajstić information content (AvgIpc) is 2.85. The van der Waals surface area contributed by atoms with E-state index in [2.05, 4.69) is 22.3 Å². The SMILES string of the molecule is C=N/C=C(\C=C/N)COc1cc(F)cc(C[C@@H](C[C@@H]2NCCN(Cc3ccccc3)C2=O)NC(C)=O)c1. The summed E-state index contributed by atoms with van der Waals surface area (Å²) in [5.41, 5.74) is 7.81. The fourth-order valence-corrected chi connectivity index (χ4v) is 4.34. The van der Waals surface area contributed by atoms with Gasteiger partial charge in [-0.1, -0.05) is 30.3 Å². The summed E-state index contributed by atoms with van der Waals surface area (Å²) in [6.07, 6.45) is 5.19. The molecule has 0 aromatic heterocycles. The summed E-state index contributed by atoms with van der Waals surface area (Å²) >= 11 is 0. The smallest absolute Gasteiger partial charge is 0.240 e. The summed E-state index contributed by atoms with van der Waals surface area (Å²) in [6, 6.07) is 13.4. The highest BCUT2D eigenvalue weighted by atomic mass is 19.1. The van der Waals surface area contributed by atoms with Crippen molar-refractivity contribution in [3.05, 3.63) is 89.5 Å². The zero-order valence-corrected chi connectivity index (χ0v) is 21.0. The third-order valence-electron chi connectivity index (χ3n) is 5.91. The zero-order valence-electron chi connectivity index (χ0n) is 21.0. The van der Waals surface area contributed by atoms with E-state index < -0.39 is 11.9 Å². The summed E-state index contributed by atoms with van der Waals surface area (Å²) in [6.45, 7) is 6.77. The third-order valence-corrected chi connectivity index (χ3v) is 5.91. The molecule has 2 atom stereocenters. The molecule has 2 amide bonds. The summed E-state index contributed by atoms with van der Waals surface area (Å²) in [7, 11) is 0. The number of ether oxygens (including phenoxy) is 1. The second-order valence-corrected chi connectivity index (χ2v) is 8.92. The van der Waals surface area contributed by atoms with E-state index in [-0.39, 0.29) is 24.5 Å². The lowest BCUT2D eigenvalue weighted by molar-refractivity contribution is -0.137. The Bertz CT molecular complexity index is 1140. The minimum Gasteiger partial charge on any atom is -0.489 e. The molecule has 2 aromatic rings. The Hall–Kier alpha value is -3.98. The quantitative estimate of drug-likeness (QED) is 0.302. The molecule has 2 aromatic carbocycles. The Morgan fingerprint density at radius 2 is 2.11 bits per heavy atom. The number of nitrogens with zero attached hydrogens (tertiary/aromatic N) is 2. The van der Waals surface area contributed by atoms with Crippen molar-refractivity contribution in [2.45, 2.75) is 38.4 Å². The van der Waals surface area contributed by atoms with Crippen molar-refractivity contribution in [2.24, 2.45) is 10.7 Å². The molecule has 1 saturated heterocycles. The number of nitrogens with one attached hydrogen (secondary N) is 2. The van der Waals surface area contributed by atoms with Crippen LogP contribution in [-0.2, 0) is 22.6 Å². The first-order chi connectivity index (χ1) is 17.9. The number of carbonyl (C=O) groups is 2. The van der Waals surface area contributed by atoms with Crippen LogP contribution in [0.3, 0.4) is 0 Å². The van der Waals surface area contributed by atoms with E-state index in [0.717, 1.165) is 5.56 Å². The van der Waals surface area contributed by atoms with Crippen LogP contribution in [0, 0.1) is 5.82 Å². The van der Waals surface area contributed by atoms with Gasteiger partial charge in [-0.05, 0) is 55.1 Å². The predicted molar refractivity (Wildman–Crippen MR) is 142 cm³/mol. The number of hydrogen-bond donors (Lipinski definition) is 3. The Balaban J connectivity index is 1.69. The van der Waals surface area contributed by atoms with Crippen LogP contribution in [0.2, 0.25) is 0 Å². The first-order valence-electron chi connectivity index (χ1n) is 12.2. The molecule has 9 heteroatoms. The van der Waals surface area contributed by atoms with E-state index in [0.29, 0.717) is 49.4 Å². The maximum atomic E-state index is 14.4. The van der Waals surface area contributed by atoms with E-state index in [1.54, 1.807) is 12.1 Å².